The van der Waals surface area contributed by atoms with E-state index in [1.807, 2.05) is 35.4 Å². The fourth-order valence-electron chi connectivity index (χ4n) is 6.20. The zero-order chi connectivity index (χ0) is 26.2. The summed E-state index contributed by atoms with van der Waals surface area (Å²) in [5.74, 6) is 2.28. The summed E-state index contributed by atoms with van der Waals surface area (Å²) < 4.78 is 5.61. The van der Waals surface area contributed by atoms with Gasteiger partial charge in [-0.2, -0.15) is 0 Å². The maximum Gasteiger partial charge on any atom is 0.258 e. The molecule has 1 aromatic carbocycles. The molecule has 3 aliphatic rings. The highest BCUT2D eigenvalue weighted by molar-refractivity contribution is 5.97. The molecular weight excluding hydrogens is 474 g/mol. The number of allylic oxidation sites excluding steroid dienone is 4. The number of pyridine rings is 1. The van der Waals surface area contributed by atoms with Crippen LogP contribution in [0.3, 0.4) is 0 Å². The number of hydrogen-bond donors (Lipinski definition) is 0. The van der Waals surface area contributed by atoms with Gasteiger partial charge in [-0.3, -0.25) is 9.78 Å². The van der Waals surface area contributed by atoms with Crippen molar-refractivity contribution in [1.29, 1.82) is 0 Å². The quantitative estimate of drug-likeness (QED) is 0.448. The summed E-state index contributed by atoms with van der Waals surface area (Å²) in [6.07, 6.45) is 9.65. The van der Waals surface area contributed by atoms with Gasteiger partial charge in [-0.15, -0.1) is 0 Å². The van der Waals surface area contributed by atoms with Gasteiger partial charge in [-0.25, -0.2) is 9.97 Å². The maximum atomic E-state index is 14.0. The molecule has 0 N–H and O–H groups in total. The highest BCUT2D eigenvalue weighted by atomic mass is 16.5. The van der Waals surface area contributed by atoms with Gasteiger partial charge in [0.25, 0.3) is 5.91 Å². The molecule has 2 atom stereocenters. The number of nitrogens with zero attached hydrogens (tertiary/aromatic N) is 5. The van der Waals surface area contributed by atoms with Crippen molar-refractivity contribution in [1.82, 2.24) is 19.9 Å². The van der Waals surface area contributed by atoms with Crippen LogP contribution in [0.2, 0.25) is 0 Å². The molecule has 1 amide bonds. The van der Waals surface area contributed by atoms with Gasteiger partial charge in [0, 0.05) is 61.1 Å². The van der Waals surface area contributed by atoms with E-state index < -0.39 is 0 Å². The Morgan fingerprint density at radius 3 is 2.84 bits per heavy atom. The Bertz CT molecular complexity index is 1440. The summed E-state index contributed by atoms with van der Waals surface area (Å²) in [5.41, 5.74) is 6.43. The second-order valence-electron chi connectivity index (χ2n) is 10.8. The zero-order valence-corrected chi connectivity index (χ0v) is 22.5. The highest BCUT2D eigenvalue weighted by Crippen LogP contribution is 2.39. The Morgan fingerprint density at radius 2 is 2.03 bits per heavy atom. The van der Waals surface area contributed by atoms with Crippen molar-refractivity contribution in [2.45, 2.75) is 46.1 Å². The van der Waals surface area contributed by atoms with E-state index in [-0.39, 0.29) is 11.8 Å². The predicted octanol–water partition coefficient (Wildman–Crippen LogP) is 5.33. The Hall–Kier alpha value is -3.58. The van der Waals surface area contributed by atoms with Crippen LogP contribution in [0.15, 0.2) is 65.6 Å². The number of anilines is 1. The van der Waals surface area contributed by atoms with Gasteiger partial charge in [0.05, 0.1) is 18.7 Å². The molecule has 1 aliphatic carbocycles. The number of amides is 1. The molecule has 6 rings (SSSR count). The first-order valence-corrected chi connectivity index (χ1v) is 13.7. The number of ether oxygens (including phenoxy) is 1. The summed E-state index contributed by atoms with van der Waals surface area (Å²) in [4.78, 5) is 32.5. The summed E-state index contributed by atoms with van der Waals surface area (Å²) >= 11 is 0. The third-order valence-corrected chi connectivity index (χ3v) is 8.26. The molecule has 0 spiro atoms. The van der Waals surface area contributed by atoms with E-state index in [1.54, 1.807) is 6.20 Å². The largest absolute Gasteiger partial charge is 0.381 e. The van der Waals surface area contributed by atoms with Crippen molar-refractivity contribution < 1.29 is 9.53 Å². The minimum absolute atomic E-state index is 0.00124. The molecule has 0 saturated carbocycles. The van der Waals surface area contributed by atoms with E-state index in [0.29, 0.717) is 18.3 Å². The highest BCUT2D eigenvalue weighted by Gasteiger charge is 2.35. The number of carbonyl (C=O) groups is 1. The molecule has 7 nitrogen and oxygen atoms in total. The first kappa shape index (κ1) is 24.7. The minimum atomic E-state index is -0.00124. The van der Waals surface area contributed by atoms with Crippen LogP contribution in [0.1, 0.15) is 54.9 Å². The number of aromatic nitrogens is 3. The summed E-state index contributed by atoms with van der Waals surface area (Å²) in [6, 6.07) is 10.0. The topological polar surface area (TPSA) is 71.5 Å². The molecule has 196 valence electrons. The molecule has 0 bridgehead atoms. The lowest BCUT2D eigenvalue weighted by molar-refractivity contribution is 0.0781. The van der Waals surface area contributed by atoms with Gasteiger partial charge < -0.3 is 14.5 Å². The monoisotopic (exact) mass is 509 g/mol. The van der Waals surface area contributed by atoms with Crippen molar-refractivity contribution >= 4 is 22.6 Å². The minimum Gasteiger partial charge on any atom is -0.381 e. The fraction of sp³-hybridized carbons (Fsp3) is 0.419. The molecule has 1 saturated heterocycles. The molecule has 38 heavy (non-hydrogen) atoms. The van der Waals surface area contributed by atoms with Crippen LogP contribution in [0.4, 0.5) is 5.82 Å². The summed E-state index contributed by atoms with van der Waals surface area (Å²) in [5, 5.41) is 1.03. The van der Waals surface area contributed by atoms with Crippen molar-refractivity contribution in [3.05, 3.63) is 82.6 Å². The number of hydrogen-bond acceptors (Lipinski definition) is 6. The van der Waals surface area contributed by atoms with Crippen molar-refractivity contribution in [2.75, 3.05) is 31.7 Å². The molecule has 2 unspecified atom stereocenters. The average Bonchev–Trinajstić information content (AvgIpc) is 3.41. The molecular formula is C31H35N5O2. The SMILES string of the molecule is CCC1=C(C)C=C2C(C1)Cc1cnccc1C(=O)N2Cc1nc(N(C)CC2CCOC2)c2ccccc2n1. The average molecular weight is 510 g/mol. The number of rotatable bonds is 6. The van der Waals surface area contributed by atoms with Crippen molar-refractivity contribution in [3.8, 4) is 0 Å². The van der Waals surface area contributed by atoms with Crippen LogP contribution in [0.5, 0.6) is 0 Å². The van der Waals surface area contributed by atoms with Gasteiger partial charge in [-0.05, 0) is 62.4 Å². The van der Waals surface area contributed by atoms with Gasteiger partial charge >= 0.3 is 0 Å². The number of para-hydroxylation sites is 1. The smallest absolute Gasteiger partial charge is 0.258 e. The molecule has 4 heterocycles. The van der Waals surface area contributed by atoms with Gasteiger partial charge in [0.1, 0.15) is 5.82 Å². The number of fused-ring (bicyclic) bond motifs is 3. The van der Waals surface area contributed by atoms with Crippen LogP contribution in [-0.4, -0.2) is 52.6 Å². The van der Waals surface area contributed by atoms with Crippen molar-refractivity contribution in [2.24, 2.45) is 11.8 Å². The van der Waals surface area contributed by atoms with Gasteiger partial charge in [-0.1, -0.05) is 30.2 Å². The lowest BCUT2D eigenvalue weighted by Gasteiger charge is -2.32. The fourth-order valence-corrected chi connectivity index (χ4v) is 6.20. The summed E-state index contributed by atoms with van der Waals surface area (Å²) in [6.45, 7) is 7.20. The zero-order valence-electron chi connectivity index (χ0n) is 22.5. The second kappa shape index (κ2) is 10.3. The number of carbonyl (C=O) groups excluding carboxylic acids is 1. The van der Waals surface area contributed by atoms with Crippen LogP contribution in [-0.2, 0) is 17.7 Å². The summed E-state index contributed by atoms with van der Waals surface area (Å²) in [7, 11) is 2.09. The first-order valence-electron chi connectivity index (χ1n) is 13.7. The van der Waals surface area contributed by atoms with E-state index in [4.69, 9.17) is 14.7 Å². The van der Waals surface area contributed by atoms with E-state index in [9.17, 15) is 4.79 Å². The predicted molar refractivity (Wildman–Crippen MR) is 149 cm³/mol. The molecule has 3 aromatic rings. The normalized spacial score (nSPS) is 21.3. The maximum absolute atomic E-state index is 14.0. The third kappa shape index (κ3) is 4.60. The first-order chi connectivity index (χ1) is 18.5. The van der Waals surface area contributed by atoms with E-state index in [2.05, 4.69) is 42.9 Å². The van der Waals surface area contributed by atoms with Crippen LogP contribution >= 0.6 is 0 Å². The Labute approximate surface area is 224 Å². The van der Waals surface area contributed by atoms with Crippen LogP contribution < -0.4 is 4.90 Å². The van der Waals surface area contributed by atoms with Crippen LogP contribution in [0.25, 0.3) is 10.9 Å². The Kier molecular flexibility index (Phi) is 6.70. The lowest BCUT2D eigenvalue weighted by Crippen LogP contribution is -2.34. The second-order valence-corrected chi connectivity index (χ2v) is 10.8. The molecule has 1 fully saturated rings. The number of benzene rings is 1. The molecule has 7 heteroatoms. The van der Waals surface area contributed by atoms with Gasteiger partial charge in [0.2, 0.25) is 0 Å². The Balaban J connectivity index is 1.41. The van der Waals surface area contributed by atoms with Gasteiger partial charge in [0.15, 0.2) is 5.82 Å². The Morgan fingerprint density at radius 1 is 1.16 bits per heavy atom. The van der Waals surface area contributed by atoms with Crippen molar-refractivity contribution in [3.63, 3.8) is 0 Å². The van der Waals surface area contributed by atoms with E-state index in [1.165, 1.54) is 11.1 Å². The lowest BCUT2D eigenvalue weighted by atomic mass is 9.83. The van der Waals surface area contributed by atoms with E-state index in [0.717, 1.165) is 79.0 Å². The van der Waals surface area contributed by atoms with Crippen LogP contribution in [0, 0.1) is 11.8 Å². The third-order valence-electron chi connectivity index (χ3n) is 8.26. The molecule has 2 aliphatic heterocycles. The molecule has 0 radical (unpaired) electrons. The molecule has 2 aromatic heterocycles. The standard InChI is InChI=1S/C31H35N5O2/c1-4-22-14-23-15-24-16-32-11-9-25(24)31(37)36(28(23)13-20(22)2)18-29-33-27-8-6-5-7-26(27)30(34-29)35(3)17-21-10-12-38-19-21/h5-9,11,13,16,21,23H,4,10,12,14-15,17-19H2,1-3H3. The van der Waals surface area contributed by atoms with E-state index >= 15 is 0 Å².